The second kappa shape index (κ2) is 4.70. The van der Waals surface area contributed by atoms with Gasteiger partial charge >= 0.3 is 0 Å². The lowest BCUT2D eigenvalue weighted by atomic mass is 9.87. The zero-order valence-electron chi connectivity index (χ0n) is 11.6. The van der Waals surface area contributed by atoms with Crippen LogP contribution in [0, 0.1) is 5.41 Å². The van der Waals surface area contributed by atoms with Crippen molar-refractivity contribution in [3.8, 4) is 0 Å². The van der Waals surface area contributed by atoms with Crippen LogP contribution >= 0.6 is 11.3 Å². The molecule has 2 aromatic heterocycles. The van der Waals surface area contributed by atoms with Crippen molar-refractivity contribution in [1.29, 1.82) is 0 Å². The molecule has 2 heterocycles. The number of anilines is 1. The second-order valence-corrected chi connectivity index (χ2v) is 6.96. The van der Waals surface area contributed by atoms with E-state index in [1.165, 1.54) is 11.3 Å². The Bertz CT molecular complexity index is 664. The maximum Gasteiger partial charge on any atom is 0.263 e. The van der Waals surface area contributed by atoms with E-state index in [0.717, 1.165) is 19.3 Å². The second-order valence-electron chi connectivity index (χ2n) is 5.96. The van der Waals surface area contributed by atoms with Crippen LogP contribution in [0.15, 0.2) is 12.4 Å². The highest BCUT2D eigenvalue weighted by Crippen LogP contribution is 2.38. The number of nitrogens with one attached hydrogen (secondary N) is 1. The zero-order valence-corrected chi connectivity index (χ0v) is 12.5. The first-order chi connectivity index (χ1) is 9.49. The maximum atomic E-state index is 12.4. The summed E-state index contributed by atoms with van der Waals surface area (Å²) < 4.78 is 0. The smallest absolute Gasteiger partial charge is 0.263 e. The van der Waals surface area contributed by atoms with E-state index in [-0.39, 0.29) is 17.4 Å². The van der Waals surface area contributed by atoms with Gasteiger partial charge in [0.15, 0.2) is 0 Å². The van der Waals surface area contributed by atoms with Crippen LogP contribution in [0.3, 0.4) is 0 Å². The molecular weight excluding hydrogens is 272 g/mol. The summed E-state index contributed by atoms with van der Waals surface area (Å²) in [6.07, 6.45) is 6.53. The van der Waals surface area contributed by atoms with Crippen LogP contribution in [-0.4, -0.2) is 21.9 Å². The molecule has 6 heteroatoms. The van der Waals surface area contributed by atoms with Gasteiger partial charge in [0, 0.05) is 18.4 Å². The number of nitrogens with two attached hydrogens (primary N) is 1. The molecule has 5 nitrogen and oxygen atoms in total. The molecule has 20 heavy (non-hydrogen) atoms. The van der Waals surface area contributed by atoms with Gasteiger partial charge in [-0.1, -0.05) is 20.3 Å². The van der Waals surface area contributed by atoms with Gasteiger partial charge < -0.3 is 11.1 Å². The minimum Gasteiger partial charge on any atom is -0.396 e. The summed E-state index contributed by atoms with van der Waals surface area (Å²) >= 11 is 1.30. The molecule has 3 N–H and O–H groups in total. The number of rotatable bonds is 2. The van der Waals surface area contributed by atoms with Crippen molar-refractivity contribution >= 4 is 33.3 Å². The Kier molecular flexibility index (Phi) is 3.12. The van der Waals surface area contributed by atoms with Gasteiger partial charge in [-0.05, 0) is 18.3 Å². The Labute approximate surface area is 121 Å². The first kappa shape index (κ1) is 13.3. The number of hydrogen-bond acceptors (Lipinski definition) is 5. The average molecular weight is 290 g/mol. The van der Waals surface area contributed by atoms with Crippen molar-refractivity contribution in [1.82, 2.24) is 15.3 Å². The van der Waals surface area contributed by atoms with E-state index in [0.29, 0.717) is 20.9 Å². The van der Waals surface area contributed by atoms with Crippen LogP contribution in [0.1, 0.15) is 42.8 Å². The predicted molar refractivity (Wildman–Crippen MR) is 80.7 cm³/mol. The SMILES string of the molecule is CC1(C)CCCC1NC(=O)c1sc2nccnc2c1N. The van der Waals surface area contributed by atoms with Gasteiger partial charge in [0.05, 0.1) is 5.69 Å². The number of nitrogen functional groups attached to an aromatic ring is 1. The number of carbonyl (C=O) groups is 1. The highest BCUT2D eigenvalue weighted by molar-refractivity contribution is 7.21. The van der Waals surface area contributed by atoms with Crippen molar-refractivity contribution in [3.05, 3.63) is 17.3 Å². The number of fused-ring (bicyclic) bond motifs is 1. The van der Waals surface area contributed by atoms with Gasteiger partial charge in [-0.15, -0.1) is 11.3 Å². The Morgan fingerprint density at radius 3 is 2.85 bits per heavy atom. The Hall–Kier alpha value is -1.69. The maximum absolute atomic E-state index is 12.4. The molecule has 1 unspecified atom stereocenters. The minimum absolute atomic E-state index is 0.104. The third-order valence-corrected chi connectivity index (χ3v) is 5.23. The number of thiophene rings is 1. The summed E-state index contributed by atoms with van der Waals surface area (Å²) in [5, 5.41) is 3.12. The Morgan fingerprint density at radius 1 is 1.45 bits per heavy atom. The largest absolute Gasteiger partial charge is 0.396 e. The molecule has 1 atom stereocenters. The summed E-state index contributed by atoms with van der Waals surface area (Å²) in [6.45, 7) is 4.39. The lowest BCUT2D eigenvalue weighted by molar-refractivity contribution is 0.0915. The van der Waals surface area contributed by atoms with Crippen LogP contribution in [0.2, 0.25) is 0 Å². The summed E-state index contributed by atoms with van der Waals surface area (Å²) in [4.78, 5) is 22.1. The molecule has 1 amide bonds. The standard InChI is InChI=1S/C14H18N4OS/c1-14(2)5-3-4-8(14)18-12(19)11-9(15)10-13(20-11)17-7-6-16-10/h6-8H,3-5,15H2,1-2H3,(H,18,19). The van der Waals surface area contributed by atoms with Gasteiger partial charge in [0.25, 0.3) is 5.91 Å². The fraction of sp³-hybridized carbons (Fsp3) is 0.500. The molecule has 0 radical (unpaired) electrons. The van der Waals surface area contributed by atoms with Gasteiger partial charge in [-0.25, -0.2) is 9.97 Å². The Morgan fingerprint density at radius 2 is 2.20 bits per heavy atom. The van der Waals surface area contributed by atoms with E-state index < -0.39 is 0 Å². The van der Waals surface area contributed by atoms with Crippen LogP contribution in [0.5, 0.6) is 0 Å². The van der Waals surface area contributed by atoms with Gasteiger partial charge in [0.1, 0.15) is 15.2 Å². The highest BCUT2D eigenvalue weighted by Gasteiger charge is 2.36. The molecular formula is C14H18N4OS. The molecule has 1 aliphatic carbocycles. The van der Waals surface area contributed by atoms with Crippen LogP contribution < -0.4 is 11.1 Å². The Balaban J connectivity index is 1.88. The molecule has 2 aromatic rings. The third kappa shape index (κ3) is 2.14. The van der Waals surface area contributed by atoms with Crippen molar-refractivity contribution < 1.29 is 4.79 Å². The minimum atomic E-state index is -0.104. The van der Waals surface area contributed by atoms with Crippen molar-refractivity contribution in [2.75, 3.05) is 5.73 Å². The monoisotopic (exact) mass is 290 g/mol. The first-order valence-corrected chi connectivity index (χ1v) is 7.60. The molecule has 0 aliphatic heterocycles. The number of nitrogens with zero attached hydrogens (tertiary/aromatic N) is 2. The molecule has 1 saturated carbocycles. The van der Waals surface area contributed by atoms with E-state index in [1.54, 1.807) is 12.4 Å². The number of carbonyl (C=O) groups excluding carboxylic acids is 1. The lowest BCUT2D eigenvalue weighted by Crippen LogP contribution is -2.41. The van der Waals surface area contributed by atoms with E-state index in [4.69, 9.17) is 5.73 Å². The molecule has 0 aromatic carbocycles. The quantitative estimate of drug-likeness (QED) is 0.890. The molecule has 0 spiro atoms. The predicted octanol–water partition coefficient (Wildman–Crippen LogP) is 2.58. The third-order valence-electron chi connectivity index (χ3n) is 4.13. The topological polar surface area (TPSA) is 80.9 Å². The van der Waals surface area contributed by atoms with E-state index in [1.807, 2.05) is 0 Å². The van der Waals surface area contributed by atoms with Crippen molar-refractivity contribution in [2.45, 2.75) is 39.2 Å². The van der Waals surface area contributed by atoms with Crippen LogP contribution in [0.25, 0.3) is 10.3 Å². The molecule has 1 fully saturated rings. The molecule has 0 bridgehead atoms. The van der Waals surface area contributed by atoms with E-state index >= 15 is 0 Å². The van der Waals surface area contributed by atoms with Crippen molar-refractivity contribution in [3.63, 3.8) is 0 Å². The van der Waals surface area contributed by atoms with Gasteiger partial charge in [0.2, 0.25) is 0 Å². The lowest BCUT2D eigenvalue weighted by Gasteiger charge is -2.27. The number of hydrogen-bond donors (Lipinski definition) is 2. The molecule has 1 aliphatic rings. The van der Waals surface area contributed by atoms with Crippen LogP contribution in [0.4, 0.5) is 5.69 Å². The van der Waals surface area contributed by atoms with Gasteiger partial charge in [-0.3, -0.25) is 4.79 Å². The van der Waals surface area contributed by atoms with Gasteiger partial charge in [-0.2, -0.15) is 0 Å². The summed E-state index contributed by atoms with van der Waals surface area (Å²) in [7, 11) is 0. The average Bonchev–Trinajstić information content (AvgIpc) is 2.91. The van der Waals surface area contributed by atoms with Crippen molar-refractivity contribution in [2.24, 2.45) is 5.41 Å². The fourth-order valence-electron chi connectivity index (χ4n) is 2.83. The molecule has 106 valence electrons. The van der Waals surface area contributed by atoms with Crippen LogP contribution in [-0.2, 0) is 0 Å². The molecule has 0 saturated heterocycles. The van der Waals surface area contributed by atoms with E-state index in [2.05, 4.69) is 29.1 Å². The number of aromatic nitrogens is 2. The summed E-state index contributed by atoms with van der Waals surface area (Å²) in [5.41, 5.74) is 7.23. The first-order valence-electron chi connectivity index (χ1n) is 6.79. The zero-order chi connectivity index (χ0) is 14.3. The molecule has 3 rings (SSSR count). The normalized spacial score (nSPS) is 21.2. The summed E-state index contributed by atoms with van der Waals surface area (Å²) in [5.74, 6) is -0.104. The fourth-order valence-corrected chi connectivity index (χ4v) is 3.76. The van der Waals surface area contributed by atoms with E-state index in [9.17, 15) is 4.79 Å². The summed E-state index contributed by atoms with van der Waals surface area (Å²) in [6, 6.07) is 0.209. The number of amides is 1. The highest BCUT2D eigenvalue weighted by atomic mass is 32.1.